The number of aryl methyl sites for hydroxylation is 2. The van der Waals surface area contributed by atoms with Crippen LogP contribution in [0, 0.1) is 13.8 Å². The Bertz CT molecular complexity index is 2090. The molecule has 2 fully saturated rings. The van der Waals surface area contributed by atoms with Crippen molar-refractivity contribution in [1.29, 1.82) is 0 Å². The van der Waals surface area contributed by atoms with Gasteiger partial charge >= 0.3 is 24.2 Å². The van der Waals surface area contributed by atoms with Crippen LogP contribution in [0.25, 0.3) is 11.5 Å². The molecule has 1 N–H and O–H groups in total. The van der Waals surface area contributed by atoms with Crippen LogP contribution < -0.4 is 5.32 Å². The normalized spacial score (nSPS) is 15.9. The summed E-state index contributed by atoms with van der Waals surface area (Å²) in [6.07, 6.45) is 3.57. The molecule has 0 radical (unpaired) electrons. The van der Waals surface area contributed by atoms with Crippen LogP contribution in [0.15, 0.2) is 77.7 Å². The van der Waals surface area contributed by atoms with Crippen LogP contribution in [0.3, 0.4) is 0 Å². The molecule has 2 aromatic carbocycles. The van der Waals surface area contributed by atoms with Crippen molar-refractivity contribution in [3.05, 3.63) is 119 Å². The van der Waals surface area contributed by atoms with E-state index in [2.05, 4.69) is 90.0 Å². The number of Topliss-reactive ketones (excluding diaryl/α,β-unsaturated/α-hetero) is 1. The second-order valence-electron chi connectivity index (χ2n) is 14.1. The monoisotopic (exact) mass is 765 g/mol. The molecule has 0 spiro atoms. The van der Waals surface area contributed by atoms with Crippen molar-refractivity contribution in [2.24, 2.45) is 0 Å². The molecule has 0 unspecified atom stereocenters. The van der Waals surface area contributed by atoms with Gasteiger partial charge in [0.1, 0.15) is 11.6 Å². The van der Waals surface area contributed by atoms with Crippen molar-refractivity contribution in [1.82, 2.24) is 35.5 Å². The smallest absolute Gasteiger partial charge is 0.413 e. The lowest BCUT2D eigenvalue weighted by atomic mass is 9.62. The third-order valence-corrected chi connectivity index (χ3v) is 10.3. The lowest BCUT2D eigenvalue weighted by molar-refractivity contribution is -0.173. The highest BCUT2D eigenvalue weighted by atomic mass is 19.4. The second-order valence-corrected chi connectivity index (χ2v) is 14.1. The first-order valence-corrected chi connectivity index (χ1v) is 17.6. The third kappa shape index (κ3) is 9.23. The highest BCUT2D eigenvalue weighted by Gasteiger charge is 2.42. The van der Waals surface area contributed by atoms with E-state index in [4.69, 9.17) is 0 Å². The minimum Gasteiger partial charge on any atom is -0.413 e. The maximum Gasteiger partial charge on any atom is 0.471 e. The quantitative estimate of drug-likeness (QED) is 0.111. The number of hydrogen-bond acceptors (Lipinski definition) is 9. The standard InChI is InChI=1S/C20H20F3N3O2.C19H17F3N4O/c1-13-3-5-15(6-4-13)19(7-2-8-19)9-17-24-10-14(11-25-17)16(27)12-26-18(28)20(21,22)23;1-12-3-5-14(6-4-12)18(7-2-8-18)9-15-23-10-13(11-24-15)16-25-26-17(27-16)19(20,21)22/h3-6,10-11H,2,7-9,12H2,1H3,(H,26,28);3-6,10-11H,2,7-9H2,1H3. The molecule has 10 nitrogen and oxygen atoms in total. The maximum absolute atomic E-state index is 12.6. The van der Waals surface area contributed by atoms with Crippen LogP contribution in [0.1, 0.15) is 88.7 Å². The number of alkyl halides is 6. The van der Waals surface area contributed by atoms with Gasteiger partial charge in [-0.15, -0.1) is 10.2 Å². The molecule has 2 aliphatic carbocycles. The van der Waals surface area contributed by atoms with Gasteiger partial charge < -0.3 is 9.73 Å². The Morgan fingerprint density at radius 1 is 0.691 bits per heavy atom. The number of amides is 1. The van der Waals surface area contributed by atoms with Gasteiger partial charge in [0.2, 0.25) is 0 Å². The fourth-order valence-electron chi connectivity index (χ4n) is 6.73. The summed E-state index contributed by atoms with van der Waals surface area (Å²) in [5, 5.41) is 7.99. The number of nitrogens with one attached hydrogen (secondary N) is 1. The van der Waals surface area contributed by atoms with Crippen LogP contribution in [0.5, 0.6) is 0 Å². The average Bonchev–Trinajstić information content (AvgIpc) is 3.63. The molecule has 288 valence electrons. The Morgan fingerprint density at radius 2 is 1.15 bits per heavy atom. The molecule has 16 heteroatoms. The van der Waals surface area contributed by atoms with E-state index in [9.17, 15) is 35.9 Å². The zero-order valence-corrected chi connectivity index (χ0v) is 30.0. The zero-order valence-electron chi connectivity index (χ0n) is 30.0. The first-order valence-electron chi connectivity index (χ1n) is 17.6. The van der Waals surface area contributed by atoms with E-state index < -0.39 is 36.5 Å². The van der Waals surface area contributed by atoms with E-state index in [-0.39, 0.29) is 27.8 Å². The molecule has 0 atom stereocenters. The molecule has 0 bridgehead atoms. The summed E-state index contributed by atoms with van der Waals surface area (Å²) in [6, 6.07) is 16.9. The van der Waals surface area contributed by atoms with Crippen molar-refractivity contribution in [2.75, 3.05) is 6.54 Å². The highest BCUT2D eigenvalue weighted by Crippen LogP contribution is 2.47. The Kier molecular flexibility index (Phi) is 11.2. The first-order chi connectivity index (χ1) is 26.1. The fraction of sp³-hybridized carbons (Fsp3) is 0.385. The van der Waals surface area contributed by atoms with Gasteiger partial charge in [0.25, 0.3) is 5.89 Å². The maximum atomic E-state index is 12.6. The molecule has 2 saturated carbocycles. The highest BCUT2D eigenvalue weighted by molar-refractivity contribution is 5.99. The Hall–Kier alpha value is -5.54. The van der Waals surface area contributed by atoms with Crippen LogP contribution in [0.4, 0.5) is 26.3 Å². The molecular formula is C39H37F6N7O3. The number of carbonyl (C=O) groups excluding carboxylic acids is 2. The topological polar surface area (TPSA) is 137 Å². The predicted molar refractivity (Wildman–Crippen MR) is 187 cm³/mol. The molecular weight excluding hydrogens is 728 g/mol. The Morgan fingerprint density at radius 3 is 1.53 bits per heavy atom. The van der Waals surface area contributed by atoms with Gasteiger partial charge in [0.05, 0.1) is 17.7 Å². The molecule has 0 aliphatic heterocycles. The van der Waals surface area contributed by atoms with Crippen LogP contribution in [-0.4, -0.2) is 54.5 Å². The van der Waals surface area contributed by atoms with Crippen molar-refractivity contribution in [2.45, 2.75) is 88.4 Å². The number of carbonyl (C=O) groups is 2. The van der Waals surface area contributed by atoms with E-state index in [1.54, 1.807) is 5.32 Å². The van der Waals surface area contributed by atoms with Crippen molar-refractivity contribution in [3.63, 3.8) is 0 Å². The lowest BCUT2D eigenvalue weighted by Crippen LogP contribution is -2.39. The summed E-state index contributed by atoms with van der Waals surface area (Å²) >= 11 is 0. The molecule has 0 saturated heterocycles. The van der Waals surface area contributed by atoms with Crippen molar-refractivity contribution >= 4 is 11.7 Å². The van der Waals surface area contributed by atoms with Gasteiger partial charge in [0.15, 0.2) is 5.78 Å². The van der Waals surface area contributed by atoms with E-state index >= 15 is 0 Å². The molecule has 5 aromatic rings. The van der Waals surface area contributed by atoms with Crippen molar-refractivity contribution < 1.29 is 40.3 Å². The van der Waals surface area contributed by atoms with Gasteiger partial charge in [-0.25, -0.2) is 19.9 Å². The predicted octanol–water partition coefficient (Wildman–Crippen LogP) is 7.83. The molecule has 3 aromatic heterocycles. The van der Waals surface area contributed by atoms with Gasteiger partial charge in [-0.2, -0.15) is 26.3 Å². The number of halogens is 6. The number of rotatable bonds is 10. The van der Waals surface area contributed by atoms with Crippen LogP contribution in [-0.2, 0) is 34.6 Å². The summed E-state index contributed by atoms with van der Waals surface area (Å²) < 4.78 is 78.9. The van der Waals surface area contributed by atoms with Gasteiger partial charge in [-0.05, 0) is 50.7 Å². The molecule has 1 amide bonds. The molecule has 3 heterocycles. The van der Waals surface area contributed by atoms with E-state index in [1.807, 2.05) is 6.92 Å². The fourth-order valence-corrected chi connectivity index (χ4v) is 6.73. The number of benzene rings is 2. The Labute approximate surface area is 312 Å². The summed E-state index contributed by atoms with van der Waals surface area (Å²) in [7, 11) is 0. The summed E-state index contributed by atoms with van der Waals surface area (Å²) in [5.74, 6) is -3.23. The summed E-state index contributed by atoms with van der Waals surface area (Å²) in [6.45, 7) is 3.34. The van der Waals surface area contributed by atoms with E-state index in [1.165, 1.54) is 47.0 Å². The van der Waals surface area contributed by atoms with Crippen LogP contribution >= 0.6 is 0 Å². The van der Waals surface area contributed by atoms with Crippen LogP contribution in [0.2, 0.25) is 0 Å². The third-order valence-electron chi connectivity index (χ3n) is 10.3. The minimum atomic E-state index is -5.02. The zero-order chi connectivity index (χ0) is 39.4. The van der Waals surface area contributed by atoms with E-state index in [0.717, 1.165) is 38.5 Å². The second kappa shape index (κ2) is 15.7. The number of hydrogen-bond donors (Lipinski definition) is 1. The van der Waals surface area contributed by atoms with Gasteiger partial charge in [-0.3, -0.25) is 9.59 Å². The minimum absolute atomic E-state index is 0.0140. The van der Waals surface area contributed by atoms with Gasteiger partial charge in [-0.1, -0.05) is 72.5 Å². The van der Waals surface area contributed by atoms with Gasteiger partial charge in [0, 0.05) is 48.5 Å². The summed E-state index contributed by atoms with van der Waals surface area (Å²) in [4.78, 5) is 39.8. The SMILES string of the molecule is Cc1ccc(C2(Cc3ncc(-c4nnc(C(F)(F)F)o4)cn3)CCC2)cc1.Cc1ccc(C2(Cc3ncc(C(=O)CNC(=O)C(F)(F)F)cn3)CCC2)cc1. The first kappa shape index (κ1) is 39.2. The largest absolute Gasteiger partial charge is 0.471 e. The molecule has 2 aliphatic rings. The Balaban J connectivity index is 0.000000187. The number of nitrogens with zero attached hydrogens (tertiary/aromatic N) is 6. The number of aromatic nitrogens is 6. The number of ketones is 1. The summed E-state index contributed by atoms with van der Waals surface area (Å²) in [5.41, 5.74) is 5.26. The average molecular weight is 766 g/mol. The van der Waals surface area contributed by atoms with E-state index in [0.29, 0.717) is 24.5 Å². The molecule has 55 heavy (non-hydrogen) atoms. The van der Waals surface area contributed by atoms with Crippen molar-refractivity contribution in [3.8, 4) is 11.5 Å². The molecule has 7 rings (SSSR count). The lowest BCUT2D eigenvalue weighted by Gasteiger charge is -2.42.